The Kier molecular flexibility index (Phi) is 5.56. The highest BCUT2D eigenvalue weighted by Crippen LogP contribution is 2.15. The topological polar surface area (TPSA) is 77.2 Å². The van der Waals surface area contributed by atoms with Crippen molar-refractivity contribution < 1.29 is 9.63 Å². The van der Waals surface area contributed by atoms with Gasteiger partial charge >= 0.3 is 0 Å². The zero-order chi connectivity index (χ0) is 8.97. The van der Waals surface area contributed by atoms with Crippen LogP contribution in [0.4, 0.5) is 5.13 Å². The zero-order valence-electron chi connectivity index (χ0n) is 6.94. The smallest absolute Gasteiger partial charge is 0.223 e. The van der Waals surface area contributed by atoms with Gasteiger partial charge in [-0.15, -0.1) is 23.7 Å². The molecule has 0 spiro atoms. The van der Waals surface area contributed by atoms with E-state index in [1.165, 1.54) is 18.3 Å². The number of nitrogens with one attached hydrogen (secondary N) is 1. The number of anilines is 1. The highest BCUT2D eigenvalue weighted by molar-refractivity contribution is 7.13. The van der Waals surface area contributed by atoms with Crippen molar-refractivity contribution in [3.05, 3.63) is 11.1 Å². The fourth-order valence-electron chi connectivity index (χ4n) is 0.667. The number of amides is 1. The van der Waals surface area contributed by atoms with Gasteiger partial charge in [-0.25, -0.2) is 10.9 Å². The molecule has 0 fully saturated rings. The predicted molar refractivity (Wildman–Crippen MR) is 52.6 cm³/mol. The fourth-order valence-corrected chi connectivity index (χ4v) is 1.41. The van der Waals surface area contributed by atoms with E-state index in [1.807, 2.05) is 0 Å². The number of nitrogens with two attached hydrogens (primary N) is 1. The lowest BCUT2D eigenvalue weighted by atomic mass is 10.5. The van der Waals surface area contributed by atoms with Crippen molar-refractivity contribution in [1.82, 2.24) is 4.98 Å². The molecule has 0 aliphatic rings. The number of thiazole rings is 1. The van der Waals surface area contributed by atoms with Crippen LogP contribution in [0, 0.1) is 0 Å². The standard InChI is InChI=1S/C6H9N3O2S.ClH/c1-4(10)8-6-9-5(2-11-7)3-12-6;/h3H,2,7H2,1H3,(H,8,9,10);1H. The molecule has 0 unspecified atom stereocenters. The zero-order valence-corrected chi connectivity index (χ0v) is 8.58. The monoisotopic (exact) mass is 223 g/mol. The second-order valence-electron chi connectivity index (χ2n) is 2.14. The van der Waals surface area contributed by atoms with Gasteiger partial charge in [0, 0.05) is 12.3 Å². The average molecular weight is 224 g/mol. The quantitative estimate of drug-likeness (QED) is 0.747. The molecular weight excluding hydrogens is 214 g/mol. The van der Waals surface area contributed by atoms with Gasteiger partial charge in [0.05, 0.1) is 5.69 Å². The highest BCUT2D eigenvalue weighted by Gasteiger charge is 2.01. The van der Waals surface area contributed by atoms with Gasteiger partial charge in [0.15, 0.2) is 5.13 Å². The van der Waals surface area contributed by atoms with Gasteiger partial charge in [0.2, 0.25) is 5.91 Å². The molecular formula is C6H10ClN3O2S. The van der Waals surface area contributed by atoms with Crippen LogP contribution in [-0.2, 0) is 16.2 Å². The van der Waals surface area contributed by atoms with Crippen molar-refractivity contribution in [2.24, 2.45) is 5.90 Å². The van der Waals surface area contributed by atoms with Gasteiger partial charge < -0.3 is 5.32 Å². The second-order valence-corrected chi connectivity index (χ2v) is 2.99. The van der Waals surface area contributed by atoms with E-state index >= 15 is 0 Å². The molecule has 1 rings (SSSR count). The van der Waals surface area contributed by atoms with Crippen LogP contribution in [0.1, 0.15) is 12.6 Å². The molecule has 0 radical (unpaired) electrons. The summed E-state index contributed by atoms with van der Waals surface area (Å²) in [6, 6.07) is 0. The van der Waals surface area contributed by atoms with Crippen LogP contribution in [0.2, 0.25) is 0 Å². The molecule has 0 aliphatic carbocycles. The molecule has 13 heavy (non-hydrogen) atoms. The van der Waals surface area contributed by atoms with E-state index in [-0.39, 0.29) is 24.9 Å². The number of carbonyl (C=O) groups is 1. The van der Waals surface area contributed by atoms with Crippen LogP contribution in [0.3, 0.4) is 0 Å². The molecule has 5 nitrogen and oxygen atoms in total. The summed E-state index contributed by atoms with van der Waals surface area (Å²) in [5, 5.41) is 4.90. The predicted octanol–water partition coefficient (Wildman–Crippen LogP) is 0.914. The molecule has 1 aromatic rings. The number of hydrogen-bond acceptors (Lipinski definition) is 5. The maximum absolute atomic E-state index is 10.6. The van der Waals surface area contributed by atoms with Crippen LogP contribution in [0.15, 0.2) is 5.38 Å². The Morgan fingerprint density at radius 3 is 3.08 bits per heavy atom. The second kappa shape index (κ2) is 5.87. The summed E-state index contributed by atoms with van der Waals surface area (Å²) in [7, 11) is 0. The Morgan fingerprint density at radius 1 is 1.85 bits per heavy atom. The van der Waals surface area contributed by atoms with Gasteiger partial charge in [-0.3, -0.25) is 9.63 Å². The highest BCUT2D eigenvalue weighted by atomic mass is 35.5. The van der Waals surface area contributed by atoms with E-state index < -0.39 is 0 Å². The minimum absolute atomic E-state index is 0. The number of aromatic nitrogens is 1. The summed E-state index contributed by atoms with van der Waals surface area (Å²) in [4.78, 5) is 19.0. The molecule has 7 heteroatoms. The van der Waals surface area contributed by atoms with E-state index in [0.29, 0.717) is 10.8 Å². The summed E-state index contributed by atoms with van der Waals surface area (Å²) >= 11 is 1.34. The van der Waals surface area contributed by atoms with Crippen LogP contribution in [0.25, 0.3) is 0 Å². The lowest BCUT2D eigenvalue weighted by molar-refractivity contribution is -0.114. The van der Waals surface area contributed by atoms with Crippen LogP contribution < -0.4 is 11.2 Å². The summed E-state index contributed by atoms with van der Waals surface area (Å²) < 4.78 is 0. The third kappa shape index (κ3) is 4.18. The third-order valence-corrected chi connectivity index (χ3v) is 1.87. The first kappa shape index (κ1) is 12.3. The van der Waals surface area contributed by atoms with E-state index in [0.717, 1.165) is 0 Å². The molecule has 0 saturated heterocycles. The summed E-state index contributed by atoms with van der Waals surface area (Å²) in [5.41, 5.74) is 0.714. The molecule has 1 aromatic heterocycles. The van der Waals surface area contributed by atoms with Crippen LogP contribution in [-0.4, -0.2) is 10.9 Å². The Bertz CT molecular complexity index is 279. The minimum Gasteiger partial charge on any atom is -0.302 e. The third-order valence-electron chi connectivity index (χ3n) is 1.07. The molecule has 0 aliphatic heterocycles. The van der Waals surface area contributed by atoms with Crippen molar-refractivity contribution >= 4 is 34.8 Å². The molecule has 3 N–H and O–H groups in total. The first-order chi connectivity index (χ1) is 5.72. The molecule has 0 saturated carbocycles. The molecule has 1 heterocycles. The van der Waals surface area contributed by atoms with Gasteiger partial charge in [-0.2, -0.15) is 0 Å². The molecule has 0 bridgehead atoms. The Hall–Kier alpha value is -0.690. The summed E-state index contributed by atoms with van der Waals surface area (Å²) in [5.74, 6) is 4.71. The van der Waals surface area contributed by atoms with Crippen molar-refractivity contribution in [3.8, 4) is 0 Å². The SMILES string of the molecule is CC(=O)Nc1nc(CON)cs1.Cl. The lowest BCUT2D eigenvalue weighted by Gasteiger charge is -1.93. The van der Waals surface area contributed by atoms with Gasteiger partial charge in [0.1, 0.15) is 6.61 Å². The first-order valence-corrected chi connectivity index (χ1v) is 4.14. The van der Waals surface area contributed by atoms with Crippen molar-refractivity contribution in [2.75, 3.05) is 5.32 Å². The maximum Gasteiger partial charge on any atom is 0.223 e. The van der Waals surface area contributed by atoms with Crippen molar-refractivity contribution in [3.63, 3.8) is 0 Å². The van der Waals surface area contributed by atoms with E-state index in [4.69, 9.17) is 5.90 Å². The molecule has 0 aromatic carbocycles. The number of carbonyl (C=O) groups excluding carboxylic acids is 1. The Morgan fingerprint density at radius 2 is 2.54 bits per heavy atom. The lowest BCUT2D eigenvalue weighted by Crippen LogP contribution is -2.05. The molecule has 74 valence electrons. The summed E-state index contributed by atoms with van der Waals surface area (Å²) in [6.45, 7) is 1.69. The van der Waals surface area contributed by atoms with Crippen LogP contribution in [0.5, 0.6) is 0 Å². The van der Waals surface area contributed by atoms with E-state index in [9.17, 15) is 4.79 Å². The van der Waals surface area contributed by atoms with Gasteiger partial charge in [-0.05, 0) is 0 Å². The first-order valence-electron chi connectivity index (χ1n) is 3.26. The van der Waals surface area contributed by atoms with E-state index in [1.54, 1.807) is 5.38 Å². The van der Waals surface area contributed by atoms with Gasteiger partial charge in [-0.1, -0.05) is 0 Å². The van der Waals surface area contributed by atoms with Crippen molar-refractivity contribution in [1.29, 1.82) is 0 Å². The average Bonchev–Trinajstić information content (AvgIpc) is 2.36. The number of hydrogen-bond donors (Lipinski definition) is 2. The fraction of sp³-hybridized carbons (Fsp3) is 0.333. The summed E-state index contributed by atoms with van der Waals surface area (Å²) in [6.07, 6.45) is 0. The number of halogens is 1. The Labute approximate surface area is 85.7 Å². The number of nitrogens with zero attached hydrogens (tertiary/aromatic N) is 1. The van der Waals surface area contributed by atoms with E-state index in [2.05, 4.69) is 15.1 Å². The number of rotatable bonds is 3. The molecule has 1 amide bonds. The normalized spacial score (nSPS) is 9.08. The van der Waals surface area contributed by atoms with Gasteiger partial charge in [0.25, 0.3) is 0 Å². The van der Waals surface area contributed by atoms with Crippen molar-refractivity contribution in [2.45, 2.75) is 13.5 Å². The Balaban J connectivity index is 0.00000144. The minimum atomic E-state index is -0.135. The van der Waals surface area contributed by atoms with Crippen LogP contribution >= 0.6 is 23.7 Å². The maximum atomic E-state index is 10.6. The molecule has 0 atom stereocenters. The largest absolute Gasteiger partial charge is 0.302 e.